The van der Waals surface area contributed by atoms with E-state index in [0.29, 0.717) is 23.6 Å². The van der Waals surface area contributed by atoms with Crippen molar-refractivity contribution in [2.24, 2.45) is 0 Å². The zero-order valence-electron chi connectivity index (χ0n) is 11.0. The topological polar surface area (TPSA) is 83.0 Å². The minimum absolute atomic E-state index is 0.108. The Labute approximate surface area is 111 Å². The first-order valence-electron chi connectivity index (χ1n) is 6.01. The third-order valence-corrected chi connectivity index (χ3v) is 2.80. The number of carbonyl (C=O) groups excluding carboxylic acids is 1. The minimum atomic E-state index is -0.386. The maximum Gasteiger partial charge on any atom is 0.338 e. The van der Waals surface area contributed by atoms with E-state index in [2.05, 4.69) is 10.1 Å². The van der Waals surface area contributed by atoms with Gasteiger partial charge in [0.1, 0.15) is 6.33 Å². The summed E-state index contributed by atoms with van der Waals surface area (Å²) in [6.07, 6.45) is 1.45. The molecule has 0 bridgehead atoms. The number of rotatable bonds is 4. The van der Waals surface area contributed by atoms with Gasteiger partial charge >= 0.3 is 5.97 Å². The Balaban J connectivity index is 2.05. The summed E-state index contributed by atoms with van der Waals surface area (Å²) in [4.78, 5) is 16.0. The van der Waals surface area contributed by atoms with Crippen LogP contribution in [0.15, 0.2) is 24.5 Å². The van der Waals surface area contributed by atoms with Crippen LogP contribution in [0, 0.1) is 6.92 Å². The fraction of sp³-hybridized carbons (Fsp3) is 0.308. The van der Waals surface area contributed by atoms with Crippen LogP contribution in [0.2, 0.25) is 0 Å². The molecule has 0 saturated carbocycles. The Morgan fingerprint density at radius 1 is 1.47 bits per heavy atom. The third-order valence-electron chi connectivity index (χ3n) is 2.80. The lowest BCUT2D eigenvalue weighted by atomic mass is 10.1. The molecule has 0 aliphatic heterocycles. The number of benzene rings is 1. The number of nitrogen functional groups attached to an aromatic ring is 1. The van der Waals surface area contributed by atoms with Crippen LogP contribution < -0.4 is 5.73 Å². The number of nitrogens with zero attached hydrogens (tertiary/aromatic N) is 3. The van der Waals surface area contributed by atoms with Gasteiger partial charge in [-0.2, -0.15) is 5.10 Å². The number of aryl methyl sites for hydroxylation is 2. The highest BCUT2D eigenvalue weighted by atomic mass is 16.5. The van der Waals surface area contributed by atoms with E-state index in [0.717, 1.165) is 5.56 Å². The molecule has 1 aromatic heterocycles. The molecular weight excluding hydrogens is 244 g/mol. The standard InChI is InChI=1S/C13H16N4O2/c1-3-17-12(15-8-16-17)7-19-13(18)11-5-4-10(14)6-9(11)2/h4-6,8H,3,7,14H2,1-2H3. The molecule has 0 aliphatic carbocycles. The van der Waals surface area contributed by atoms with Crippen molar-refractivity contribution in [1.29, 1.82) is 0 Å². The van der Waals surface area contributed by atoms with Gasteiger partial charge in [-0.15, -0.1) is 0 Å². The zero-order valence-corrected chi connectivity index (χ0v) is 11.0. The fourth-order valence-electron chi connectivity index (χ4n) is 1.79. The smallest absolute Gasteiger partial charge is 0.338 e. The molecule has 2 rings (SSSR count). The van der Waals surface area contributed by atoms with Gasteiger partial charge in [-0.1, -0.05) is 0 Å². The fourth-order valence-corrected chi connectivity index (χ4v) is 1.79. The summed E-state index contributed by atoms with van der Waals surface area (Å²) >= 11 is 0. The number of aromatic nitrogens is 3. The maximum atomic E-state index is 12.0. The van der Waals surface area contributed by atoms with Gasteiger partial charge in [0.15, 0.2) is 12.4 Å². The van der Waals surface area contributed by atoms with E-state index < -0.39 is 0 Å². The normalized spacial score (nSPS) is 10.4. The van der Waals surface area contributed by atoms with E-state index in [9.17, 15) is 4.79 Å². The molecule has 19 heavy (non-hydrogen) atoms. The molecule has 6 heteroatoms. The molecular formula is C13H16N4O2. The molecule has 1 aromatic carbocycles. The molecule has 6 nitrogen and oxygen atoms in total. The van der Waals surface area contributed by atoms with Gasteiger partial charge in [-0.05, 0) is 37.6 Å². The Bertz CT molecular complexity index is 592. The molecule has 0 unspecified atom stereocenters. The predicted molar refractivity (Wildman–Crippen MR) is 70.4 cm³/mol. The van der Waals surface area contributed by atoms with Crippen molar-refractivity contribution in [1.82, 2.24) is 14.8 Å². The van der Waals surface area contributed by atoms with Gasteiger partial charge in [-0.3, -0.25) is 0 Å². The Kier molecular flexibility index (Phi) is 3.79. The number of carbonyl (C=O) groups is 1. The predicted octanol–water partition coefficient (Wildman–Crippen LogP) is 1.55. The number of anilines is 1. The summed E-state index contributed by atoms with van der Waals surface area (Å²) in [7, 11) is 0. The van der Waals surface area contributed by atoms with E-state index in [4.69, 9.17) is 10.5 Å². The SMILES string of the molecule is CCn1ncnc1COC(=O)c1ccc(N)cc1C. The Morgan fingerprint density at radius 3 is 2.95 bits per heavy atom. The number of nitrogens with two attached hydrogens (primary N) is 1. The number of hydrogen-bond acceptors (Lipinski definition) is 5. The minimum Gasteiger partial charge on any atom is -0.454 e. The number of hydrogen-bond donors (Lipinski definition) is 1. The first-order valence-corrected chi connectivity index (χ1v) is 6.01. The first-order chi connectivity index (χ1) is 9.11. The summed E-state index contributed by atoms with van der Waals surface area (Å²) in [6.45, 7) is 4.57. The van der Waals surface area contributed by atoms with Gasteiger partial charge in [0.2, 0.25) is 0 Å². The molecule has 2 aromatic rings. The molecule has 0 atom stereocenters. The number of esters is 1. The van der Waals surface area contributed by atoms with Gasteiger partial charge in [0, 0.05) is 12.2 Å². The maximum absolute atomic E-state index is 12.0. The Hall–Kier alpha value is -2.37. The van der Waals surface area contributed by atoms with Gasteiger partial charge in [-0.25, -0.2) is 14.5 Å². The summed E-state index contributed by atoms with van der Waals surface area (Å²) in [5, 5.41) is 4.01. The van der Waals surface area contributed by atoms with Gasteiger partial charge in [0.05, 0.1) is 5.56 Å². The van der Waals surface area contributed by atoms with Crippen LogP contribution in [0.5, 0.6) is 0 Å². The highest BCUT2D eigenvalue weighted by molar-refractivity contribution is 5.91. The largest absolute Gasteiger partial charge is 0.454 e. The van der Waals surface area contributed by atoms with E-state index in [-0.39, 0.29) is 12.6 Å². The second-order valence-electron chi connectivity index (χ2n) is 4.14. The lowest BCUT2D eigenvalue weighted by Crippen LogP contribution is -2.11. The van der Waals surface area contributed by atoms with Crippen molar-refractivity contribution < 1.29 is 9.53 Å². The summed E-state index contributed by atoms with van der Waals surface area (Å²) < 4.78 is 6.92. The van der Waals surface area contributed by atoms with Crippen molar-refractivity contribution in [2.45, 2.75) is 27.0 Å². The van der Waals surface area contributed by atoms with Gasteiger partial charge < -0.3 is 10.5 Å². The van der Waals surface area contributed by atoms with Crippen LogP contribution in [0.25, 0.3) is 0 Å². The van der Waals surface area contributed by atoms with Crippen molar-refractivity contribution >= 4 is 11.7 Å². The van der Waals surface area contributed by atoms with Crippen LogP contribution in [0.4, 0.5) is 5.69 Å². The van der Waals surface area contributed by atoms with Crippen LogP contribution in [-0.4, -0.2) is 20.7 Å². The van der Waals surface area contributed by atoms with Crippen LogP contribution >= 0.6 is 0 Å². The highest BCUT2D eigenvalue weighted by Gasteiger charge is 2.12. The Morgan fingerprint density at radius 2 is 2.26 bits per heavy atom. The monoisotopic (exact) mass is 260 g/mol. The lowest BCUT2D eigenvalue weighted by molar-refractivity contribution is 0.0456. The zero-order chi connectivity index (χ0) is 13.8. The molecule has 0 amide bonds. The van der Waals surface area contributed by atoms with Crippen LogP contribution in [0.3, 0.4) is 0 Å². The summed E-state index contributed by atoms with van der Waals surface area (Å²) in [5.41, 5.74) is 7.57. The van der Waals surface area contributed by atoms with E-state index in [1.54, 1.807) is 22.9 Å². The molecule has 0 spiro atoms. The molecule has 0 saturated heterocycles. The quantitative estimate of drug-likeness (QED) is 0.666. The first kappa shape index (κ1) is 13.1. The summed E-state index contributed by atoms with van der Waals surface area (Å²) in [5.74, 6) is 0.243. The summed E-state index contributed by atoms with van der Waals surface area (Å²) in [6, 6.07) is 5.08. The molecule has 0 fully saturated rings. The van der Waals surface area contributed by atoms with E-state index in [1.807, 2.05) is 13.8 Å². The third kappa shape index (κ3) is 2.90. The second-order valence-corrected chi connectivity index (χ2v) is 4.14. The molecule has 2 N–H and O–H groups in total. The molecule has 1 heterocycles. The highest BCUT2D eigenvalue weighted by Crippen LogP contribution is 2.14. The van der Waals surface area contributed by atoms with E-state index >= 15 is 0 Å². The molecule has 0 radical (unpaired) electrons. The lowest BCUT2D eigenvalue weighted by Gasteiger charge is -2.08. The van der Waals surface area contributed by atoms with Crippen LogP contribution in [0.1, 0.15) is 28.7 Å². The van der Waals surface area contributed by atoms with Crippen molar-refractivity contribution in [3.05, 3.63) is 41.5 Å². The van der Waals surface area contributed by atoms with Crippen LogP contribution in [-0.2, 0) is 17.9 Å². The van der Waals surface area contributed by atoms with Crippen molar-refractivity contribution in [2.75, 3.05) is 5.73 Å². The van der Waals surface area contributed by atoms with E-state index in [1.165, 1.54) is 6.33 Å². The van der Waals surface area contributed by atoms with Gasteiger partial charge in [0.25, 0.3) is 0 Å². The van der Waals surface area contributed by atoms with Crippen molar-refractivity contribution in [3.63, 3.8) is 0 Å². The number of ether oxygens (including phenoxy) is 1. The average Bonchev–Trinajstić information content (AvgIpc) is 2.83. The average molecular weight is 260 g/mol. The molecule has 100 valence electrons. The van der Waals surface area contributed by atoms with Crippen molar-refractivity contribution in [3.8, 4) is 0 Å². The molecule has 0 aliphatic rings. The second kappa shape index (κ2) is 5.51.